The number of likely N-dealkylation sites (N-methyl/N-ethyl adjacent to an activating group) is 1. The summed E-state index contributed by atoms with van der Waals surface area (Å²) < 4.78 is 10.7. The Morgan fingerprint density at radius 3 is 2.32 bits per heavy atom. The van der Waals surface area contributed by atoms with Crippen LogP contribution >= 0.6 is 24.8 Å². The van der Waals surface area contributed by atoms with Gasteiger partial charge in [0.1, 0.15) is 0 Å². The van der Waals surface area contributed by atoms with E-state index in [0.717, 1.165) is 43.2 Å². The number of methoxy groups -OCH3 is 2. The molecule has 172 valence electrons. The molecule has 7 nitrogen and oxygen atoms in total. The lowest BCUT2D eigenvalue weighted by atomic mass is 10.1. The van der Waals surface area contributed by atoms with Crippen LogP contribution in [-0.4, -0.2) is 55.1 Å². The molecule has 1 saturated heterocycles. The Bertz CT molecular complexity index is 836. The molecule has 0 N–H and O–H groups in total. The fraction of sp³-hybridized carbons (Fsp3) is 0.455. The van der Waals surface area contributed by atoms with Gasteiger partial charge in [0, 0.05) is 37.8 Å². The van der Waals surface area contributed by atoms with E-state index >= 15 is 0 Å². The quantitative estimate of drug-likeness (QED) is 0.394. The fourth-order valence-corrected chi connectivity index (χ4v) is 3.98. The van der Waals surface area contributed by atoms with Gasteiger partial charge in [-0.1, -0.05) is 18.2 Å². The molecule has 0 saturated carbocycles. The van der Waals surface area contributed by atoms with E-state index in [2.05, 4.69) is 22.9 Å². The maximum Gasteiger partial charge on any atom is 0.269 e. The number of non-ortho nitro benzene ring substituents is 1. The van der Waals surface area contributed by atoms with E-state index in [0.29, 0.717) is 6.04 Å². The second-order valence-electron chi connectivity index (χ2n) is 7.58. The Hall–Kier alpha value is -2.06. The fourth-order valence-electron chi connectivity index (χ4n) is 3.98. The Kier molecular flexibility index (Phi) is 11.1. The minimum absolute atomic E-state index is 0. The highest BCUT2D eigenvalue weighted by Gasteiger charge is 2.25. The Morgan fingerprint density at radius 2 is 1.71 bits per heavy atom. The summed E-state index contributed by atoms with van der Waals surface area (Å²) in [4.78, 5) is 15.3. The van der Waals surface area contributed by atoms with Crippen molar-refractivity contribution in [1.29, 1.82) is 0 Å². The molecule has 1 aliphatic rings. The Morgan fingerprint density at radius 1 is 1.06 bits per heavy atom. The molecule has 9 heteroatoms. The number of hydrogen-bond acceptors (Lipinski definition) is 6. The molecule has 0 aliphatic carbocycles. The molecule has 1 heterocycles. The number of nitro benzene ring substituents is 1. The number of benzene rings is 2. The highest BCUT2D eigenvalue weighted by atomic mass is 35.5. The van der Waals surface area contributed by atoms with Crippen LogP contribution in [0.25, 0.3) is 0 Å². The third-order valence-corrected chi connectivity index (χ3v) is 5.45. The first-order valence-corrected chi connectivity index (χ1v) is 9.87. The van der Waals surface area contributed by atoms with E-state index in [1.165, 1.54) is 18.4 Å². The third-order valence-electron chi connectivity index (χ3n) is 5.45. The summed E-state index contributed by atoms with van der Waals surface area (Å²) in [5.41, 5.74) is 2.44. The molecule has 0 radical (unpaired) electrons. The largest absolute Gasteiger partial charge is 0.493 e. The van der Waals surface area contributed by atoms with E-state index in [9.17, 15) is 10.1 Å². The van der Waals surface area contributed by atoms with Gasteiger partial charge in [-0.15, -0.1) is 24.8 Å². The van der Waals surface area contributed by atoms with Crippen molar-refractivity contribution in [3.05, 3.63) is 63.7 Å². The molecule has 2 aromatic rings. The van der Waals surface area contributed by atoms with Crippen molar-refractivity contribution < 1.29 is 14.4 Å². The highest BCUT2D eigenvalue weighted by molar-refractivity contribution is 5.85. The number of likely N-dealkylation sites (tertiary alicyclic amines) is 1. The lowest BCUT2D eigenvalue weighted by Crippen LogP contribution is -2.38. The summed E-state index contributed by atoms with van der Waals surface area (Å²) in [7, 11) is 5.43. The van der Waals surface area contributed by atoms with Crippen LogP contribution in [0.1, 0.15) is 24.0 Å². The summed E-state index contributed by atoms with van der Waals surface area (Å²) in [6.45, 7) is 3.70. The van der Waals surface area contributed by atoms with Gasteiger partial charge in [-0.2, -0.15) is 0 Å². The van der Waals surface area contributed by atoms with Crippen LogP contribution in [-0.2, 0) is 13.1 Å². The molecule has 1 aliphatic heterocycles. The SMILES string of the molecule is COc1ccc(CN(C)CC2CCCN2Cc2ccc([N+](=O)[O-])cc2)cc1OC.Cl.Cl. The lowest BCUT2D eigenvalue weighted by molar-refractivity contribution is -0.384. The monoisotopic (exact) mass is 471 g/mol. The summed E-state index contributed by atoms with van der Waals surface area (Å²) >= 11 is 0. The first-order valence-electron chi connectivity index (χ1n) is 9.87. The molecule has 1 atom stereocenters. The minimum atomic E-state index is -0.356. The number of nitrogens with zero attached hydrogens (tertiary/aromatic N) is 3. The summed E-state index contributed by atoms with van der Waals surface area (Å²) in [5, 5.41) is 10.8. The zero-order valence-corrected chi connectivity index (χ0v) is 19.8. The van der Waals surface area contributed by atoms with E-state index in [1.54, 1.807) is 26.4 Å². The number of nitro groups is 1. The van der Waals surface area contributed by atoms with Crippen molar-refractivity contribution in [2.75, 3.05) is 34.4 Å². The predicted octanol–water partition coefficient (Wildman–Crippen LogP) is 4.55. The van der Waals surface area contributed by atoms with Gasteiger partial charge < -0.3 is 14.4 Å². The molecule has 1 unspecified atom stereocenters. The van der Waals surface area contributed by atoms with Crippen LogP contribution in [0.15, 0.2) is 42.5 Å². The van der Waals surface area contributed by atoms with E-state index in [-0.39, 0.29) is 35.4 Å². The molecule has 0 spiro atoms. The second kappa shape index (κ2) is 12.7. The van der Waals surface area contributed by atoms with E-state index < -0.39 is 0 Å². The lowest BCUT2D eigenvalue weighted by Gasteiger charge is -2.29. The number of hydrogen-bond donors (Lipinski definition) is 0. The van der Waals surface area contributed by atoms with Gasteiger partial charge in [-0.3, -0.25) is 15.0 Å². The van der Waals surface area contributed by atoms with Crippen LogP contribution in [0.3, 0.4) is 0 Å². The average Bonchev–Trinajstić information content (AvgIpc) is 3.14. The van der Waals surface area contributed by atoms with E-state index in [1.807, 2.05) is 24.3 Å². The standard InChI is InChI=1S/C22H29N3O4.2ClH/c1-23(14-18-8-11-21(28-2)22(13-18)29-3)16-20-5-4-12-24(20)15-17-6-9-19(10-7-17)25(26)27;;/h6-11,13,20H,4-5,12,14-16H2,1-3H3;2*1H. The second-order valence-corrected chi connectivity index (χ2v) is 7.58. The topological polar surface area (TPSA) is 68.1 Å². The molecule has 1 fully saturated rings. The maximum absolute atomic E-state index is 10.8. The summed E-state index contributed by atoms with van der Waals surface area (Å²) in [6, 6.07) is 13.4. The third kappa shape index (κ3) is 7.25. The Labute approximate surface area is 196 Å². The summed E-state index contributed by atoms with van der Waals surface area (Å²) in [6.07, 6.45) is 2.35. The summed E-state index contributed by atoms with van der Waals surface area (Å²) in [5.74, 6) is 1.49. The van der Waals surface area contributed by atoms with Crippen LogP contribution in [0.2, 0.25) is 0 Å². The number of rotatable bonds is 9. The minimum Gasteiger partial charge on any atom is -0.493 e. The maximum atomic E-state index is 10.8. The molecular weight excluding hydrogens is 441 g/mol. The van der Waals surface area contributed by atoms with E-state index in [4.69, 9.17) is 9.47 Å². The van der Waals surface area contributed by atoms with Crippen LogP contribution in [0, 0.1) is 10.1 Å². The first-order chi connectivity index (χ1) is 14.0. The number of halogens is 2. The molecule has 2 aromatic carbocycles. The number of ether oxygens (including phenoxy) is 2. The first kappa shape index (κ1) is 27.0. The van der Waals surface area contributed by atoms with Crippen molar-refractivity contribution in [2.45, 2.75) is 32.0 Å². The molecule has 31 heavy (non-hydrogen) atoms. The smallest absolute Gasteiger partial charge is 0.269 e. The molecular formula is C22H31Cl2N3O4. The van der Waals surface area contributed by atoms with Crippen LogP contribution < -0.4 is 9.47 Å². The van der Waals surface area contributed by atoms with Crippen molar-refractivity contribution in [2.24, 2.45) is 0 Å². The van der Waals surface area contributed by atoms with Gasteiger partial charge in [0.2, 0.25) is 0 Å². The van der Waals surface area contributed by atoms with Gasteiger partial charge in [0.05, 0.1) is 19.1 Å². The molecule has 3 rings (SSSR count). The van der Waals surface area contributed by atoms with Crippen molar-refractivity contribution in [3.63, 3.8) is 0 Å². The zero-order chi connectivity index (χ0) is 20.8. The molecule has 0 bridgehead atoms. The van der Waals surface area contributed by atoms with Gasteiger partial charge >= 0.3 is 0 Å². The van der Waals surface area contributed by atoms with Crippen molar-refractivity contribution in [3.8, 4) is 11.5 Å². The Balaban J connectivity index is 0.00000240. The van der Waals surface area contributed by atoms with Gasteiger partial charge in [0.15, 0.2) is 11.5 Å². The van der Waals surface area contributed by atoms with Crippen molar-refractivity contribution >= 4 is 30.5 Å². The molecule has 0 aromatic heterocycles. The van der Waals surface area contributed by atoms with Gasteiger partial charge in [0.25, 0.3) is 5.69 Å². The molecule has 0 amide bonds. The normalized spacial score (nSPS) is 15.8. The highest BCUT2D eigenvalue weighted by Crippen LogP contribution is 2.28. The van der Waals surface area contributed by atoms with Crippen LogP contribution in [0.4, 0.5) is 5.69 Å². The van der Waals surface area contributed by atoms with Crippen LogP contribution in [0.5, 0.6) is 11.5 Å². The predicted molar refractivity (Wildman–Crippen MR) is 127 cm³/mol. The van der Waals surface area contributed by atoms with Crippen molar-refractivity contribution in [1.82, 2.24) is 9.80 Å². The van der Waals surface area contributed by atoms with Gasteiger partial charge in [-0.25, -0.2) is 0 Å². The average molecular weight is 472 g/mol. The van der Waals surface area contributed by atoms with Gasteiger partial charge in [-0.05, 0) is 49.7 Å². The zero-order valence-electron chi connectivity index (χ0n) is 18.2.